The Morgan fingerprint density at radius 1 is 1.11 bits per heavy atom. The van der Waals surface area contributed by atoms with E-state index in [1.165, 1.54) is 0 Å². The minimum atomic E-state index is -0.433. The molecule has 0 bridgehead atoms. The van der Waals surface area contributed by atoms with Crippen molar-refractivity contribution >= 4 is 17.0 Å². The summed E-state index contributed by atoms with van der Waals surface area (Å²) in [7, 11) is 0. The first-order valence-corrected chi connectivity index (χ1v) is 9.48. The number of benzene rings is 1. The van der Waals surface area contributed by atoms with Crippen molar-refractivity contribution < 1.29 is 0 Å². The second kappa shape index (κ2) is 5.95. The van der Waals surface area contributed by atoms with Crippen LogP contribution in [-0.4, -0.2) is 19.9 Å². The standard InChI is InChI=1S/C20H20N6O/c21-11-12-5-3-8-15-16(12)24-19(23-15)26-20(9-1-2-10-20)18-22-14-7-4-6-13(14)17(27)25-18/h3,5,8H,1-2,4,6-7,9-10H2,(H,22,25,27)(H2,23,24,26). The van der Waals surface area contributed by atoms with Crippen LogP contribution in [0.4, 0.5) is 5.95 Å². The smallest absolute Gasteiger partial charge is 0.254 e. The van der Waals surface area contributed by atoms with E-state index >= 15 is 0 Å². The minimum Gasteiger partial charge on any atom is -0.343 e. The number of aromatic amines is 2. The van der Waals surface area contributed by atoms with Gasteiger partial charge in [0.05, 0.1) is 22.3 Å². The van der Waals surface area contributed by atoms with Crippen molar-refractivity contribution in [2.45, 2.75) is 50.5 Å². The number of H-pyrrole nitrogens is 2. The number of nitrogens with one attached hydrogen (secondary N) is 3. The number of hydrogen-bond acceptors (Lipinski definition) is 5. The Balaban J connectivity index is 1.58. The molecule has 2 aliphatic rings. The largest absolute Gasteiger partial charge is 0.343 e. The predicted molar refractivity (Wildman–Crippen MR) is 101 cm³/mol. The van der Waals surface area contributed by atoms with Gasteiger partial charge in [-0.2, -0.15) is 5.26 Å². The number of imidazole rings is 1. The number of nitrogens with zero attached hydrogens (tertiary/aromatic N) is 3. The highest BCUT2D eigenvalue weighted by Gasteiger charge is 2.39. The molecule has 3 aromatic rings. The summed E-state index contributed by atoms with van der Waals surface area (Å²) >= 11 is 0. The van der Waals surface area contributed by atoms with Crippen LogP contribution in [0.25, 0.3) is 11.0 Å². The maximum atomic E-state index is 12.5. The molecule has 2 aliphatic carbocycles. The Morgan fingerprint density at radius 3 is 2.78 bits per heavy atom. The zero-order chi connectivity index (χ0) is 18.4. The van der Waals surface area contributed by atoms with Gasteiger partial charge in [0.25, 0.3) is 5.56 Å². The molecular weight excluding hydrogens is 340 g/mol. The average Bonchev–Trinajstić information content (AvgIpc) is 3.40. The Labute approximate surface area is 155 Å². The highest BCUT2D eigenvalue weighted by molar-refractivity contribution is 5.83. The number of hydrogen-bond donors (Lipinski definition) is 3. The summed E-state index contributed by atoms with van der Waals surface area (Å²) in [5, 5.41) is 12.8. The van der Waals surface area contributed by atoms with Crippen LogP contribution in [0.5, 0.6) is 0 Å². The lowest BCUT2D eigenvalue weighted by molar-refractivity contribution is 0.467. The van der Waals surface area contributed by atoms with Gasteiger partial charge in [0.2, 0.25) is 5.95 Å². The molecule has 0 aliphatic heterocycles. The van der Waals surface area contributed by atoms with Gasteiger partial charge in [-0.05, 0) is 44.2 Å². The molecule has 0 atom stereocenters. The number of anilines is 1. The Kier molecular flexibility index (Phi) is 3.54. The van der Waals surface area contributed by atoms with Gasteiger partial charge in [0.1, 0.15) is 17.4 Å². The number of aromatic nitrogens is 4. The molecule has 0 unspecified atom stereocenters. The van der Waals surface area contributed by atoms with Crippen molar-refractivity contribution in [1.29, 1.82) is 5.26 Å². The van der Waals surface area contributed by atoms with Crippen molar-refractivity contribution in [3.63, 3.8) is 0 Å². The van der Waals surface area contributed by atoms with Crippen molar-refractivity contribution in [3.8, 4) is 6.07 Å². The fourth-order valence-corrected chi connectivity index (χ4v) is 4.48. The first-order chi connectivity index (χ1) is 13.2. The van der Waals surface area contributed by atoms with Gasteiger partial charge in [-0.15, -0.1) is 0 Å². The van der Waals surface area contributed by atoms with Crippen molar-refractivity contribution in [3.05, 3.63) is 51.2 Å². The molecule has 27 heavy (non-hydrogen) atoms. The van der Waals surface area contributed by atoms with Crippen LogP contribution in [-0.2, 0) is 18.4 Å². The zero-order valence-electron chi connectivity index (χ0n) is 14.9. The van der Waals surface area contributed by atoms with E-state index in [2.05, 4.69) is 26.3 Å². The summed E-state index contributed by atoms with van der Waals surface area (Å²) in [5.74, 6) is 1.32. The molecule has 7 nitrogen and oxygen atoms in total. The summed E-state index contributed by atoms with van der Waals surface area (Å²) < 4.78 is 0. The summed E-state index contributed by atoms with van der Waals surface area (Å²) in [6, 6.07) is 7.69. The van der Waals surface area contributed by atoms with Crippen LogP contribution < -0.4 is 10.9 Å². The topological polar surface area (TPSA) is 110 Å². The quantitative estimate of drug-likeness (QED) is 0.665. The van der Waals surface area contributed by atoms with E-state index in [-0.39, 0.29) is 5.56 Å². The van der Waals surface area contributed by atoms with Crippen LogP contribution in [0.15, 0.2) is 23.0 Å². The van der Waals surface area contributed by atoms with Crippen LogP contribution in [0.3, 0.4) is 0 Å². The van der Waals surface area contributed by atoms with Crippen LogP contribution in [0.2, 0.25) is 0 Å². The van der Waals surface area contributed by atoms with Crippen molar-refractivity contribution in [2.75, 3.05) is 5.32 Å². The van der Waals surface area contributed by atoms with Crippen LogP contribution in [0.1, 0.15) is 54.7 Å². The molecule has 7 heteroatoms. The van der Waals surface area contributed by atoms with Gasteiger partial charge in [0.15, 0.2) is 0 Å². The molecule has 0 saturated heterocycles. The Bertz CT molecular complexity index is 1130. The first kappa shape index (κ1) is 16.1. The molecule has 0 amide bonds. The fourth-order valence-electron chi connectivity index (χ4n) is 4.48. The molecule has 3 N–H and O–H groups in total. The van der Waals surface area contributed by atoms with Gasteiger partial charge < -0.3 is 15.3 Å². The van der Waals surface area contributed by atoms with E-state index in [1.54, 1.807) is 6.07 Å². The van der Waals surface area contributed by atoms with E-state index in [4.69, 9.17) is 4.98 Å². The highest BCUT2D eigenvalue weighted by Crippen LogP contribution is 2.40. The minimum absolute atomic E-state index is 0.00283. The lowest BCUT2D eigenvalue weighted by Gasteiger charge is -2.29. The molecule has 1 aromatic carbocycles. The number of nitriles is 1. The third kappa shape index (κ3) is 2.52. The van der Waals surface area contributed by atoms with E-state index in [1.807, 2.05) is 12.1 Å². The maximum Gasteiger partial charge on any atom is 0.254 e. The van der Waals surface area contributed by atoms with E-state index in [9.17, 15) is 10.1 Å². The van der Waals surface area contributed by atoms with Crippen molar-refractivity contribution in [2.24, 2.45) is 0 Å². The molecule has 136 valence electrons. The molecule has 1 fully saturated rings. The fraction of sp³-hybridized carbons (Fsp3) is 0.400. The first-order valence-electron chi connectivity index (χ1n) is 9.48. The average molecular weight is 360 g/mol. The van der Waals surface area contributed by atoms with Crippen molar-refractivity contribution in [1.82, 2.24) is 19.9 Å². The van der Waals surface area contributed by atoms with E-state index < -0.39 is 5.54 Å². The SMILES string of the molecule is N#Cc1cccc2[nH]c(NC3(c4nc5c(c(=O)[nH]4)CCC5)CCCC3)nc12. The molecule has 5 rings (SSSR count). The second-order valence-electron chi connectivity index (χ2n) is 7.51. The van der Waals surface area contributed by atoms with Gasteiger partial charge in [-0.25, -0.2) is 9.97 Å². The third-order valence-corrected chi connectivity index (χ3v) is 5.84. The summed E-state index contributed by atoms with van der Waals surface area (Å²) in [6.07, 6.45) is 6.59. The molecule has 2 heterocycles. The summed E-state index contributed by atoms with van der Waals surface area (Å²) in [5.41, 5.74) is 3.37. The van der Waals surface area contributed by atoms with Gasteiger partial charge in [0, 0.05) is 5.56 Å². The number of fused-ring (bicyclic) bond motifs is 2. The van der Waals surface area contributed by atoms with Gasteiger partial charge in [-0.1, -0.05) is 18.9 Å². The molecule has 1 saturated carbocycles. The highest BCUT2D eigenvalue weighted by atomic mass is 16.1. The molecule has 2 aromatic heterocycles. The number of aryl methyl sites for hydroxylation is 1. The second-order valence-corrected chi connectivity index (χ2v) is 7.51. The Morgan fingerprint density at radius 2 is 1.96 bits per heavy atom. The maximum absolute atomic E-state index is 12.5. The van der Waals surface area contributed by atoms with Gasteiger partial charge >= 0.3 is 0 Å². The monoisotopic (exact) mass is 360 g/mol. The Hall–Kier alpha value is -3.14. The predicted octanol–water partition coefficient (Wildman–Crippen LogP) is 2.89. The normalized spacial score (nSPS) is 17.7. The third-order valence-electron chi connectivity index (χ3n) is 5.84. The van der Waals surface area contributed by atoms with E-state index in [0.29, 0.717) is 22.9 Å². The lowest BCUT2D eigenvalue weighted by atomic mass is 9.96. The molecular formula is C20H20N6O. The zero-order valence-corrected chi connectivity index (χ0v) is 14.9. The van der Waals surface area contributed by atoms with Crippen LogP contribution >= 0.6 is 0 Å². The number of rotatable bonds is 3. The number of para-hydroxylation sites is 1. The molecule has 0 radical (unpaired) electrons. The molecule has 0 spiro atoms. The van der Waals surface area contributed by atoms with Gasteiger partial charge in [-0.3, -0.25) is 4.79 Å². The van der Waals surface area contributed by atoms with Crippen LogP contribution in [0, 0.1) is 11.3 Å². The summed E-state index contributed by atoms with van der Waals surface area (Å²) in [4.78, 5) is 28.3. The lowest BCUT2D eigenvalue weighted by Crippen LogP contribution is -2.37. The summed E-state index contributed by atoms with van der Waals surface area (Å²) in [6.45, 7) is 0. The van der Waals surface area contributed by atoms with E-state index in [0.717, 1.165) is 61.7 Å².